The number of carbonyl (C=O) groups is 2. The number of hydrogen-bond acceptors (Lipinski definition) is 5. The number of aliphatic hydroxyl groups is 1. The van der Waals surface area contributed by atoms with Gasteiger partial charge in [0.2, 0.25) is 0 Å². The number of carbonyl (C=O) groups excluding carboxylic acids is 1. The van der Waals surface area contributed by atoms with E-state index in [4.69, 9.17) is 10.2 Å². The van der Waals surface area contributed by atoms with Crippen LogP contribution in [0.15, 0.2) is 24.3 Å². The minimum atomic E-state index is -1.71. The van der Waals surface area contributed by atoms with Crippen LogP contribution in [0.3, 0.4) is 0 Å². The average molecular weight is 269 g/mol. The van der Waals surface area contributed by atoms with Crippen LogP contribution in [0.4, 0.5) is 16.2 Å². The molecular formula is C10H11N3O6. The van der Waals surface area contributed by atoms with Crippen LogP contribution in [0.1, 0.15) is 0 Å². The normalized spacial score (nSPS) is 11.4. The lowest BCUT2D eigenvalue weighted by atomic mass is 10.3. The first-order chi connectivity index (χ1) is 8.90. The maximum absolute atomic E-state index is 11.3. The Morgan fingerprint density at radius 2 is 2.11 bits per heavy atom. The molecule has 0 saturated carbocycles. The van der Waals surface area contributed by atoms with Gasteiger partial charge in [-0.25, -0.2) is 9.59 Å². The number of nitro groups is 1. The topological polar surface area (TPSA) is 142 Å². The number of non-ortho nitro benzene ring substituents is 1. The second-order valence-electron chi connectivity index (χ2n) is 3.50. The summed E-state index contributed by atoms with van der Waals surface area (Å²) < 4.78 is 0. The van der Waals surface area contributed by atoms with Gasteiger partial charge in [-0.2, -0.15) is 0 Å². The second-order valence-corrected chi connectivity index (χ2v) is 3.50. The second kappa shape index (κ2) is 6.31. The van der Waals surface area contributed by atoms with Crippen molar-refractivity contribution in [2.24, 2.45) is 0 Å². The summed E-state index contributed by atoms with van der Waals surface area (Å²) in [6, 6.07) is 4.45. The Balaban J connectivity index is 2.55. The molecule has 0 bridgehead atoms. The van der Waals surface area contributed by atoms with Crippen molar-refractivity contribution in [3.05, 3.63) is 34.4 Å². The van der Waals surface area contributed by atoms with Gasteiger partial charge in [0, 0.05) is 17.8 Å². The highest BCUT2D eigenvalue weighted by Crippen LogP contribution is 2.16. The molecule has 2 amide bonds. The van der Waals surface area contributed by atoms with E-state index in [-0.39, 0.29) is 11.4 Å². The lowest BCUT2D eigenvalue weighted by Gasteiger charge is -2.09. The smallest absolute Gasteiger partial charge is 0.334 e. The quantitative estimate of drug-likeness (QED) is 0.443. The molecule has 0 radical (unpaired) electrons. The number of aliphatic carboxylic acids is 1. The summed E-state index contributed by atoms with van der Waals surface area (Å²) in [6.45, 7) is -0.476. The molecule has 4 N–H and O–H groups in total. The highest BCUT2D eigenvalue weighted by Gasteiger charge is 2.14. The van der Waals surface area contributed by atoms with Gasteiger partial charge in [0.1, 0.15) is 0 Å². The van der Waals surface area contributed by atoms with Crippen LogP contribution in [-0.4, -0.2) is 39.8 Å². The van der Waals surface area contributed by atoms with Crippen molar-refractivity contribution >= 4 is 23.4 Å². The third-order valence-electron chi connectivity index (χ3n) is 2.06. The number of carboxylic acid groups (broad SMARTS) is 1. The van der Waals surface area contributed by atoms with Crippen molar-refractivity contribution in [3.8, 4) is 0 Å². The first-order valence-electron chi connectivity index (χ1n) is 5.10. The third-order valence-corrected chi connectivity index (χ3v) is 2.06. The molecule has 0 aliphatic heterocycles. The number of nitrogens with one attached hydrogen (secondary N) is 2. The Labute approximate surface area is 107 Å². The minimum Gasteiger partial charge on any atom is -0.479 e. The van der Waals surface area contributed by atoms with E-state index >= 15 is 0 Å². The van der Waals surface area contributed by atoms with Crippen LogP contribution < -0.4 is 10.6 Å². The molecule has 1 rings (SSSR count). The third kappa shape index (κ3) is 4.60. The number of urea groups is 1. The number of amides is 2. The van der Waals surface area contributed by atoms with E-state index in [2.05, 4.69) is 10.6 Å². The monoisotopic (exact) mass is 269 g/mol. The van der Waals surface area contributed by atoms with Gasteiger partial charge in [-0.05, 0) is 6.07 Å². The van der Waals surface area contributed by atoms with Gasteiger partial charge in [-0.1, -0.05) is 6.07 Å². The van der Waals surface area contributed by atoms with E-state index in [1.807, 2.05) is 0 Å². The zero-order chi connectivity index (χ0) is 14.4. The lowest BCUT2D eigenvalue weighted by Crippen LogP contribution is -2.38. The van der Waals surface area contributed by atoms with Gasteiger partial charge >= 0.3 is 12.0 Å². The van der Waals surface area contributed by atoms with Crippen molar-refractivity contribution in [1.29, 1.82) is 0 Å². The molecule has 0 fully saturated rings. The zero-order valence-electron chi connectivity index (χ0n) is 9.57. The van der Waals surface area contributed by atoms with Gasteiger partial charge < -0.3 is 20.8 Å². The van der Waals surface area contributed by atoms with Crippen LogP contribution in [0, 0.1) is 10.1 Å². The lowest BCUT2D eigenvalue weighted by molar-refractivity contribution is -0.384. The van der Waals surface area contributed by atoms with E-state index in [1.165, 1.54) is 18.2 Å². The summed E-state index contributed by atoms with van der Waals surface area (Å²) >= 11 is 0. The van der Waals surface area contributed by atoms with Gasteiger partial charge in [0.05, 0.1) is 11.5 Å². The Bertz CT molecular complexity index is 504. The molecule has 9 nitrogen and oxygen atoms in total. The van der Waals surface area contributed by atoms with Gasteiger partial charge in [0.15, 0.2) is 6.10 Å². The van der Waals surface area contributed by atoms with Crippen LogP contribution in [0.25, 0.3) is 0 Å². The van der Waals surface area contributed by atoms with E-state index in [9.17, 15) is 19.7 Å². The molecule has 19 heavy (non-hydrogen) atoms. The van der Waals surface area contributed by atoms with Crippen LogP contribution in [0.5, 0.6) is 0 Å². The predicted octanol–water partition coefficient (Wildman–Crippen LogP) is 0.162. The SMILES string of the molecule is O=C(NC[C@H](O)C(=O)O)Nc1cccc([N+](=O)[O-])c1. The predicted molar refractivity (Wildman–Crippen MR) is 63.8 cm³/mol. The molecule has 102 valence electrons. The van der Waals surface area contributed by atoms with Crippen LogP contribution in [-0.2, 0) is 4.79 Å². The van der Waals surface area contributed by atoms with Crippen molar-refractivity contribution in [2.45, 2.75) is 6.10 Å². The Hall–Kier alpha value is -2.68. The molecule has 0 aliphatic carbocycles. The Morgan fingerprint density at radius 1 is 1.42 bits per heavy atom. The minimum absolute atomic E-state index is 0.177. The van der Waals surface area contributed by atoms with Crippen molar-refractivity contribution < 1.29 is 24.7 Å². The van der Waals surface area contributed by atoms with Gasteiger partial charge in [0.25, 0.3) is 5.69 Å². The highest BCUT2D eigenvalue weighted by molar-refractivity contribution is 5.89. The number of benzene rings is 1. The highest BCUT2D eigenvalue weighted by atomic mass is 16.6. The van der Waals surface area contributed by atoms with Gasteiger partial charge in [-0.15, -0.1) is 0 Å². The fraction of sp³-hybridized carbons (Fsp3) is 0.200. The van der Waals surface area contributed by atoms with Crippen molar-refractivity contribution in [2.75, 3.05) is 11.9 Å². The molecular weight excluding hydrogens is 258 g/mol. The largest absolute Gasteiger partial charge is 0.479 e. The Morgan fingerprint density at radius 3 is 2.68 bits per heavy atom. The van der Waals surface area contributed by atoms with Crippen molar-refractivity contribution in [1.82, 2.24) is 5.32 Å². The summed E-state index contributed by atoms with van der Waals surface area (Å²) in [4.78, 5) is 31.5. The van der Waals surface area contributed by atoms with E-state index in [0.29, 0.717) is 0 Å². The van der Waals surface area contributed by atoms with E-state index in [1.54, 1.807) is 0 Å². The maximum atomic E-state index is 11.3. The maximum Gasteiger partial charge on any atom is 0.334 e. The molecule has 1 aromatic rings. The summed E-state index contributed by atoms with van der Waals surface area (Å²) in [6.07, 6.45) is -1.71. The molecule has 0 unspecified atom stereocenters. The summed E-state index contributed by atoms with van der Waals surface area (Å²) in [5, 5.41) is 32.2. The first kappa shape index (κ1) is 14.4. The summed E-state index contributed by atoms with van der Waals surface area (Å²) in [5.41, 5.74) is -0.0140. The number of anilines is 1. The first-order valence-corrected chi connectivity index (χ1v) is 5.10. The number of hydrogen-bond donors (Lipinski definition) is 4. The average Bonchev–Trinajstić information content (AvgIpc) is 2.36. The summed E-state index contributed by atoms with van der Waals surface area (Å²) in [5.74, 6) is -1.46. The fourth-order valence-electron chi connectivity index (χ4n) is 1.15. The van der Waals surface area contributed by atoms with Crippen LogP contribution >= 0.6 is 0 Å². The zero-order valence-corrected chi connectivity index (χ0v) is 9.57. The number of rotatable bonds is 5. The van der Waals surface area contributed by atoms with Crippen molar-refractivity contribution in [3.63, 3.8) is 0 Å². The number of nitrogens with zero attached hydrogens (tertiary/aromatic N) is 1. The number of aliphatic hydroxyl groups excluding tert-OH is 1. The Kier molecular flexibility index (Phi) is 4.77. The summed E-state index contributed by atoms with van der Waals surface area (Å²) in [7, 11) is 0. The number of nitro benzene ring substituents is 1. The van der Waals surface area contributed by atoms with E-state index in [0.717, 1.165) is 6.07 Å². The van der Waals surface area contributed by atoms with Gasteiger partial charge in [-0.3, -0.25) is 10.1 Å². The van der Waals surface area contributed by atoms with Crippen LogP contribution in [0.2, 0.25) is 0 Å². The molecule has 1 atom stereocenters. The molecule has 0 aromatic heterocycles. The molecule has 0 heterocycles. The molecule has 0 spiro atoms. The standard InChI is InChI=1S/C10H11N3O6/c14-8(9(15)16)5-11-10(17)12-6-2-1-3-7(4-6)13(18)19/h1-4,8,14H,5H2,(H,15,16)(H2,11,12,17)/t8-/m0/s1. The molecule has 0 saturated heterocycles. The van der Waals surface area contributed by atoms with E-state index < -0.39 is 29.6 Å². The fourth-order valence-corrected chi connectivity index (χ4v) is 1.15. The molecule has 0 aliphatic rings. The molecule has 9 heteroatoms. The molecule has 1 aromatic carbocycles. The number of carboxylic acids is 1.